The number of piperidine rings is 1. The molecule has 24 heavy (non-hydrogen) atoms. The first-order chi connectivity index (χ1) is 11.3. The zero-order valence-corrected chi connectivity index (χ0v) is 14.7. The fourth-order valence-corrected chi connectivity index (χ4v) is 3.41. The van der Waals surface area contributed by atoms with E-state index in [0.29, 0.717) is 13.1 Å². The van der Waals surface area contributed by atoms with E-state index >= 15 is 0 Å². The van der Waals surface area contributed by atoms with E-state index in [1.807, 2.05) is 49.6 Å². The Morgan fingerprint density at radius 3 is 2.67 bits per heavy atom. The van der Waals surface area contributed by atoms with Crippen LogP contribution >= 0.6 is 0 Å². The number of hydrogen-bond acceptors (Lipinski definition) is 3. The number of likely N-dealkylation sites (tertiary alicyclic amines) is 1. The lowest BCUT2D eigenvalue weighted by Gasteiger charge is -2.38. The minimum Gasteiger partial charge on any atom is -0.444 e. The molecule has 1 aliphatic rings. The Morgan fingerprint density at radius 1 is 1.29 bits per heavy atom. The second-order valence-corrected chi connectivity index (χ2v) is 7.58. The molecule has 2 atom stereocenters. The van der Waals surface area contributed by atoms with Crippen LogP contribution in [0.3, 0.4) is 0 Å². The van der Waals surface area contributed by atoms with Crippen molar-refractivity contribution in [2.45, 2.75) is 45.8 Å². The Bertz CT molecular complexity index is 800. The SMILES string of the molecule is C[C@H]1CN(C(=O)OC(C)(C)C)CCC1n1c(=O)[nH]c2ccccc21. The molecule has 1 aliphatic heterocycles. The van der Waals surface area contributed by atoms with Gasteiger partial charge in [0.15, 0.2) is 0 Å². The predicted molar refractivity (Wildman–Crippen MR) is 93.2 cm³/mol. The maximum Gasteiger partial charge on any atom is 0.410 e. The van der Waals surface area contributed by atoms with Crippen LogP contribution in [0.2, 0.25) is 0 Å². The van der Waals surface area contributed by atoms with Crippen LogP contribution in [0.1, 0.15) is 40.2 Å². The van der Waals surface area contributed by atoms with Crippen LogP contribution in [0.5, 0.6) is 0 Å². The van der Waals surface area contributed by atoms with Crippen LogP contribution in [0.25, 0.3) is 11.0 Å². The highest BCUT2D eigenvalue weighted by molar-refractivity contribution is 5.75. The number of hydrogen-bond donors (Lipinski definition) is 1. The van der Waals surface area contributed by atoms with Crippen molar-refractivity contribution in [2.24, 2.45) is 5.92 Å². The second-order valence-electron chi connectivity index (χ2n) is 7.58. The zero-order chi connectivity index (χ0) is 17.5. The topological polar surface area (TPSA) is 67.3 Å². The molecule has 0 spiro atoms. The lowest BCUT2D eigenvalue weighted by molar-refractivity contribution is 0.0126. The van der Waals surface area contributed by atoms with Gasteiger partial charge in [-0.1, -0.05) is 19.1 Å². The predicted octanol–water partition coefficient (Wildman–Crippen LogP) is 3.15. The number of para-hydroxylation sites is 2. The molecule has 130 valence electrons. The summed E-state index contributed by atoms with van der Waals surface area (Å²) in [5, 5.41) is 0. The molecule has 1 saturated heterocycles. The molecule has 1 aromatic heterocycles. The number of aromatic nitrogens is 2. The summed E-state index contributed by atoms with van der Waals surface area (Å²) in [6.45, 7) is 8.86. The van der Waals surface area contributed by atoms with Gasteiger partial charge in [-0.25, -0.2) is 9.59 Å². The number of ether oxygens (including phenoxy) is 1. The molecule has 0 radical (unpaired) electrons. The number of carbonyl (C=O) groups is 1. The van der Waals surface area contributed by atoms with Gasteiger partial charge in [-0.2, -0.15) is 0 Å². The number of fused-ring (bicyclic) bond motifs is 1. The van der Waals surface area contributed by atoms with Gasteiger partial charge >= 0.3 is 11.8 Å². The monoisotopic (exact) mass is 331 g/mol. The summed E-state index contributed by atoms with van der Waals surface area (Å²) >= 11 is 0. The van der Waals surface area contributed by atoms with Crippen molar-refractivity contribution in [1.29, 1.82) is 0 Å². The number of rotatable bonds is 1. The first-order valence-corrected chi connectivity index (χ1v) is 8.43. The molecule has 0 bridgehead atoms. The quantitative estimate of drug-likeness (QED) is 0.873. The molecule has 6 nitrogen and oxygen atoms in total. The van der Waals surface area contributed by atoms with E-state index in [-0.39, 0.29) is 23.7 Å². The average molecular weight is 331 g/mol. The van der Waals surface area contributed by atoms with E-state index < -0.39 is 5.60 Å². The number of carbonyl (C=O) groups excluding carboxylic acids is 1. The summed E-state index contributed by atoms with van der Waals surface area (Å²) in [5.74, 6) is 0.170. The smallest absolute Gasteiger partial charge is 0.410 e. The van der Waals surface area contributed by atoms with Crippen LogP contribution in [-0.2, 0) is 4.74 Å². The summed E-state index contributed by atoms with van der Waals surface area (Å²) in [5.41, 5.74) is 1.19. The molecule has 1 N–H and O–H groups in total. The van der Waals surface area contributed by atoms with Crippen molar-refractivity contribution in [1.82, 2.24) is 14.5 Å². The number of benzene rings is 1. The highest BCUT2D eigenvalue weighted by Crippen LogP contribution is 2.30. The number of amides is 1. The van der Waals surface area contributed by atoms with Crippen molar-refractivity contribution in [3.63, 3.8) is 0 Å². The number of nitrogens with zero attached hydrogens (tertiary/aromatic N) is 2. The van der Waals surface area contributed by atoms with Crippen LogP contribution < -0.4 is 5.69 Å². The van der Waals surface area contributed by atoms with Gasteiger partial charge in [0.25, 0.3) is 0 Å². The lowest BCUT2D eigenvalue weighted by Crippen LogP contribution is -2.46. The molecule has 2 heterocycles. The fraction of sp³-hybridized carbons (Fsp3) is 0.556. The van der Waals surface area contributed by atoms with E-state index in [9.17, 15) is 9.59 Å². The minimum atomic E-state index is -0.495. The van der Waals surface area contributed by atoms with Gasteiger partial charge in [0.1, 0.15) is 5.60 Å². The van der Waals surface area contributed by atoms with E-state index in [4.69, 9.17) is 4.74 Å². The Labute approximate surface area is 141 Å². The third-order valence-electron chi connectivity index (χ3n) is 4.47. The zero-order valence-electron chi connectivity index (χ0n) is 14.7. The van der Waals surface area contributed by atoms with Crippen LogP contribution in [-0.4, -0.2) is 39.2 Å². The van der Waals surface area contributed by atoms with Crippen LogP contribution in [0, 0.1) is 5.92 Å². The average Bonchev–Trinajstić information content (AvgIpc) is 2.81. The minimum absolute atomic E-state index is 0.0762. The molecular formula is C18H25N3O3. The third-order valence-corrected chi connectivity index (χ3v) is 4.47. The summed E-state index contributed by atoms with van der Waals surface area (Å²) in [4.78, 5) is 29.3. The number of aromatic amines is 1. The van der Waals surface area contributed by atoms with Gasteiger partial charge in [0, 0.05) is 19.1 Å². The van der Waals surface area contributed by atoms with E-state index in [0.717, 1.165) is 17.5 Å². The van der Waals surface area contributed by atoms with Crippen molar-refractivity contribution >= 4 is 17.1 Å². The normalized spacial score (nSPS) is 21.9. The molecule has 1 aromatic carbocycles. The summed E-state index contributed by atoms with van der Waals surface area (Å²) in [6.07, 6.45) is 0.460. The molecule has 1 unspecified atom stereocenters. The Morgan fingerprint density at radius 2 is 2.00 bits per heavy atom. The van der Waals surface area contributed by atoms with Gasteiger partial charge in [-0.3, -0.25) is 4.57 Å². The van der Waals surface area contributed by atoms with Gasteiger partial charge in [0.2, 0.25) is 0 Å². The maximum atomic E-state index is 12.4. The van der Waals surface area contributed by atoms with E-state index in [2.05, 4.69) is 11.9 Å². The number of H-pyrrole nitrogens is 1. The van der Waals surface area contributed by atoms with Crippen molar-refractivity contribution in [3.8, 4) is 0 Å². The van der Waals surface area contributed by atoms with Crippen molar-refractivity contribution in [3.05, 3.63) is 34.7 Å². The largest absolute Gasteiger partial charge is 0.444 e. The maximum absolute atomic E-state index is 12.4. The summed E-state index contributed by atoms with van der Waals surface area (Å²) in [7, 11) is 0. The highest BCUT2D eigenvalue weighted by Gasteiger charge is 2.33. The lowest BCUT2D eigenvalue weighted by atomic mass is 9.93. The van der Waals surface area contributed by atoms with Crippen LogP contribution in [0.15, 0.2) is 29.1 Å². The first-order valence-electron chi connectivity index (χ1n) is 8.43. The number of imidazole rings is 1. The van der Waals surface area contributed by atoms with Crippen molar-refractivity contribution in [2.75, 3.05) is 13.1 Å². The molecule has 2 aromatic rings. The summed E-state index contributed by atoms with van der Waals surface area (Å²) in [6, 6.07) is 7.80. The highest BCUT2D eigenvalue weighted by atomic mass is 16.6. The first kappa shape index (κ1) is 16.6. The van der Waals surface area contributed by atoms with Crippen LogP contribution in [0.4, 0.5) is 4.79 Å². The third kappa shape index (κ3) is 3.18. The Hall–Kier alpha value is -2.24. The summed E-state index contributed by atoms with van der Waals surface area (Å²) < 4.78 is 7.30. The molecule has 0 saturated carbocycles. The molecule has 3 rings (SSSR count). The fourth-order valence-electron chi connectivity index (χ4n) is 3.41. The van der Waals surface area contributed by atoms with Crippen molar-refractivity contribution < 1.29 is 9.53 Å². The number of nitrogens with one attached hydrogen (secondary N) is 1. The van der Waals surface area contributed by atoms with E-state index in [1.165, 1.54) is 0 Å². The Kier molecular flexibility index (Phi) is 4.15. The van der Waals surface area contributed by atoms with Gasteiger partial charge in [-0.15, -0.1) is 0 Å². The van der Waals surface area contributed by atoms with Gasteiger partial charge in [0.05, 0.1) is 11.0 Å². The standard InChI is InChI=1S/C18H25N3O3/c1-12-11-20(17(23)24-18(2,3)4)10-9-14(12)21-15-8-6-5-7-13(15)19-16(21)22/h5-8,12,14H,9-11H2,1-4H3,(H,19,22)/t12-,14?/m0/s1. The van der Waals surface area contributed by atoms with Gasteiger partial charge < -0.3 is 14.6 Å². The van der Waals surface area contributed by atoms with E-state index in [1.54, 1.807) is 4.90 Å². The second kappa shape index (κ2) is 6.00. The molecule has 6 heteroatoms. The molecule has 1 amide bonds. The van der Waals surface area contributed by atoms with Gasteiger partial charge in [-0.05, 0) is 45.2 Å². The molecule has 0 aliphatic carbocycles. The molecular weight excluding hydrogens is 306 g/mol. The molecule has 1 fully saturated rings. The Balaban J connectivity index is 1.80.